The lowest BCUT2D eigenvalue weighted by Crippen LogP contribution is -2.12. The topological polar surface area (TPSA) is 129 Å². The Morgan fingerprint density at radius 2 is 1.81 bits per heavy atom. The number of halogens is 1. The van der Waals surface area contributed by atoms with Crippen LogP contribution in [-0.2, 0) is 4.79 Å². The first kappa shape index (κ1) is 19.6. The zero-order valence-corrected chi connectivity index (χ0v) is 17.2. The van der Waals surface area contributed by atoms with Gasteiger partial charge in [0.25, 0.3) is 11.7 Å². The maximum Gasteiger partial charge on any atom is 0.296 e. The summed E-state index contributed by atoms with van der Waals surface area (Å²) in [5, 5.41) is 12.1. The van der Waals surface area contributed by atoms with Crippen molar-refractivity contribution in [1.29, 1.82) is 5.26 Å². The number of fused-ring (bicyclic) bond motifs is 2. The first-order valence-corrected chi connectivity index (χ1v) is 9.86. The van der Waals surface area contributed by atoms with Crippen molar-refractivity contribution in [2.75, 3.05) is 5.32 Å². The Morgan fingerprint density at radius 3 is 2.59 bits per heavy atom. The van der Waals surface area contributed by atoms with Gasteiger partial charge in [-0.1, -0.05) is 23.7 Å². The molecule has 9 heteroatoms. The molecule has 0 aliphatic carbocycles. The lowest BCUT2D eigenvalue weighted by atomic mass is 9.96. The van der Waals surface area contributed by atoms with Crippen LogP contribution in [-0.4, -0.2) is 26.6 Å². The highest BCUT2D eigenvalue weighted by Gasteiger charge is 2.31. The molecular weight excluding hydrogens is 430 g/mol. The summed E-state index contributed by atoms with van der Waals surface area (Å²) in [4.78, 5) is 47.9. The van der Waals surface area contributed by atoms with Crippen LogP contribution in [0.25, 0.3) is 33.7 Å². The summed E-state index contributed by atoms with van der Waals surface area (Å²) >= 11 is 6.37. The van der Waals surface area contributed by atoms with Gasteiger partial charge in [-0.3, -0.25) is 14.4 Å². The molecule has 1 amide bonds. The molecule has 2 N–H and O–H groups in total. The Kier molecular flexibility index (Phi) is 4.36. The molecule has 4 aromatic rings. The molecule has 0 unspecified atom stereocenters. The molecule has 1 aliphatic rings. The van der Waals surface area contributed by atoms with E-state index in [4.69, 9.17) is 11.6 Å². The second-order valence-corrected chi connectivity index (χ2v) is 7.64. The fourth-order valence-electron chi connectivity index (χ4n) is 3.71. The first-order chi connectivity index (χ1) is 15.4. The standard InChI is InChI=1S/C23H12ClN5O3/c1-10-11(9-25)3-2-4-13(10)20-18(26-16-5-6-17(30)27-22(16)28-20)12-7-14-19(15(24)8-12)29-23(32)21(14)31/h2-8H,1H3,(H,27,28,30)(H,29,31,32). The zero-order valence-electron chi connectivity index (χ0n) is 16.5. The summed E-state index contributed by atoms with van der Waals surface area (Å²) in [6, 6.07) is 13.4. The molecule has 2 aromatic heterocycles. The van der Waals surface area contributed by atoms with E-state index in [2.05, 4.69) is 26.3 Å². The number of nitrogens with zero attached hydrogens (tertiary/aromatic N) is 3. The van der Waals surface area contributed by atoms with Crippen molar-refractivity contribution in [2.24, 2.45) is 0 Å². The number of benzene rings is 2. The molecule has 1 aliphatic heterocycles. The number of aromatic amines is 1. The van der Waals surface area contributed by atoms with Gasteiger partial charge in [0.2, 0.25) is 5.56 Å². The van der Waals surface area contributed by atoms with E-state index in [0.717, 1.165) is 0 Å². The number of nitriles is 1. The number of hydrogen-bond acceptors (Lipinski definition) is 6. The minimum absolute atomic E-state index is 0.148. The van der Waals surface area contributed by atoms with Crippen molar-refractivity contribution in [2.45, 2.75) is 6.92 Å². The van der Waals surface area contributed by atoms with E-state index in [1.54, 1.807) is 31.2 Å². The quantitative estimate of drug-likeness (QED) is 0.457. The summed E-state index contributed by atoms with van der Waals surface area (Å²) in [5.74, 6) is -1.44. The molecule has 5 rings (SSSR count). The van der Waals surface area contributed by atoms with Crippen LogP contribution in [0.15, 0.2) is 47.3 Å². The van der Waals surface area contributed by atoms with E-state index in [-0.39, 0.29) is 27.5 Å². The van der Waals surface area contributed by atoms with E-state index in [1.165, 1.54) is 18.2 Å². The second kappa shape index (κ2) is 7.11. The van der Waals surface area contributed by atoms with Crippen LogP contribution in [0.4, 0.5) is 5.69 Å². The molecule has 0 saturated carbocycles. The van der Waals surface area contributed by atoms with Crippen molar-refractivity contribution in [1.82, 2.24) is 15.0 Å². The van der Waals surface area contributed by atoms with E-state index >= 15 is 0 Å². The molecule has 32 heavy (non-hydrogen) atoms. The van der Waals surface area contributed by atoms with Gasteiger partial charge in [0.1, 0.15) is 5.52 Å². The highest BCUT2D eigenvalue weighted by Crippen LogP contribution is 2.39. The van der Waals surface area contributed by atoms with Gasteiger partial charge in [0.15, 0.2) is 5.65 Å². The molecule has 0 spiro atoms. The van der Waals surface area contributed by atoms with Gasteiger partial charge < -0.3 is 10.3 Å². The molecule has 0 radical (unpaired) electrons. The summed E-state index contributed by atoms with van der Waals surface area (Å²) in [6.45, 7) is 1.79. The molecule has 2 aromatic carbocycles. The largest absolute Gasteiger partial charge is 0.317 e. The van der Waals surface area contributed by atoms with Crippen molar-refractivity contribution in [3.63, 3.8) is 0 Å². The average Bonchev–Trinajstić information content (AvgIpc) is 3.07. The number of carbonyl (C=O) groups excluding carboxylic acids is 2. The fraction of sp³-hybridized carbons (Fsp3) is 0.0435. The number of H-pyrrole nitrogens is 1. The van der Waals surface area contributed by atoms with Gasteiger partial charge in [0, 0.05) is 17.2 Å². The third-order valence-corrected chi connectivity index (χ3v) is 5.62. The highest BCUT2D eigenvalue weighted by molar-refractivity contribution is 6.53. The maximum absolute atomic E-state index is 12.3. The molecule has 0 atom stereocenters. The predicted octanol–water partition coefficient (Wildman–Crippen LogP) is 3.62. The van der Waals surface area contributed by atoms with E-state index in [9.17, 15) is 19.6 Å². The average molecular weight is 442 g/mol. The molecule has 0 bridgehead atoms. The van der Waals surface area contributed by atoms with Crippen molar-refractivity contribution in [3.05, 3.63) is 74.5 Å². The van der Waals surface area contributed by atoms with Gasteiger partial charge in [0.05, 0.1) is 39.3 Å². The number of aromatic nitrogens is 3. The van der Waals surface area contributed by atoms with Gasteiger partial charge in [-0.15, -0.1) is 0 Å². The molecular formula is C23H12ClN5O3. The first-order valence-electron chi connectivity index (χ1n) is 9.48. The van der Waals surface area contributed by atoms with Gasteiger partial charge in [-0.05, 0) is 36.8 Å². The number of hydrogen-bond donors (Lipinski definition) is 2. The molecule has 3 heterocycles. The van der Waals surface area contributed by atoms with E-state index in [0.29, 0.717) is 39.2 Å². The Hall–Kier alpha value is -4.35. The SMILES string of the molecule is Cc1c(C#N)cccc1-c1nc2[nH]c(=O)ccc2nc1-c1cc(Cl)c2c(c1)C(=O)C(=O)N2. The number of carbonyl (C=O) groups is 2. The molecule has 0 fully saturated rings. The summed E-state index contributed by atoms with van der Waals surface area (Å²) in [7, 11) is 0. The lowest BCUT2D eigenvalue weighted by molar-refractivity contribution is -0.112. The van der Waals surface area contributed by atoms with E-state index in [1.807, 2.05) is 0 Å². The molecule has 8 nitrogen and oxygen atoms in total. The number of pyridine rings is 1. The van der Waals surface area contributed by atoms with Crippen LogP contribution >= 0.6 is 11.6 Å². The number of amides is 1. The monoisotopic (exact) mass is 441 g/mol. The Morgan fingerprint density at radius 1 is 1.00 bits per heavy atom. The Labute approximate surface area is 185 Å². The number of nitrogens with one attached hydrogen (secondary N) is 2. The Balaban J connectivity index is 1.86. The number of ketones is 1. The molecule has 0 saturated heterocycles. The van der Waals surface area contributed by atoms with Crippen molar-refractivity contribution < 1.29 is 9.59 Å². The minimum Gasteiger partial charge on any atom is -0.317 e. The smallest absolute Gasteiger partial charge is 0.296 e. The van der Waals surface area contributed by atoms with Crippen LogP contribution in [0.5, 0.6) is 0 Å². The van der Waals surface area contributed by atoms with Crippen LogP contribution in [0.1, 0.15) is 21.5 Å². The van der Waals surface area contributed by atoms with Gasteiger partial charge >= 0.3 is 0 Å². The number of Topliss-reactive ketones (excluding diaryl/α,β-unsaturated/α-hetero) is 1. The number of anilines is 1. The summed E-state index contributed by atoms with van der Waals surface area (Å²) in [6.07, 6.45) is 0. The van der Waals surface area contributed by atoms with Crippen LogP contribution in [0.2, 0.25) is 5.02 Å². The second-order valence-electron chi connectivity index (χ2n) is 7.23. The Bertz CT molecular complexity index is 1600. The predicted molar refractivity (Wildman–Crippen MR) is 118 cm³/mol. The highest BCUT2D eigenvalue weighted by atomic mass is 35.5. The summed E-state index contributed by atoms with van der Waals surface area (Å²) in [5.41, 5.74) is 3.82. The third-order valence-electron chi connectivity index (χ3n) is 5.32. The van der Waals surface area contributed by atoms with E-state index < -0.39 is 11.7 Å². The van der Waals surface area contributed by atoms with Crippen LogP contribution in [0, 0.1) is 18.3 Å². The minimum atomic E-state index is -0.751. The van der Waals surface area contributed by atoms with Crippen LogP contribution < -0.4 is 10.9 Å². The maximum atomic E-state index is 12.3. The number of rotatable bonds is 2. The lowest BCUT2D eigenvalue weighted by Gasteiger charge is -2.14. The fourth-order valence-corrected chi connectivity index (χ4v) is 3.98. The van der Waals surface area contributed by atoms with Crippen molar-refractivity contribution >= 4 is 40.1 Å². The third kappa shape index (κ3) is 2.95. The zero-order chi connectivity index (χ0) is 22.6. The van der Waals surface area contributed by atoms with Gasteiger partial charge in [-0.2, -0.15) is 5.26 Å². The normalized spacial score (nSPS) is 12.5. The van der Waals surface area contributed by atoms with Gasteiger partial charge in [-0.25, -0.2) is 9.97 Å². The summed E-state index contributed by atoms with van der Waals surface area (Å²) < 4.78 is 0. The molecule has 154 valence electrons. The van der Waals surface area contributed by atoms with Crippen LogP contribution in [0.3, 0.4) is 0 Å². The van der Waals surface area contributed by atoms with Crippen molar-refractivity contribution in [3.8, 4) is 28.6 Å².